The zero-order valence-corrected chi connectivity index (χ0v) is 17.2. The Morgan fingerprint density at radius 1 is 1.07 bits per heavy atom. The van der Waals surface area contributed by atoms with Crippen LogP contribution < -0.4 is 4.74 Å². The third-order valence-electron chi connectivity index (χ3n) is 7.94. The van der Waals surface area contributed by atoms with E-state index in [0.29, 0.717) is 34.8 Å². The van der Waals surface area contributed by atoms with Crippen LogP contribution in [0.1, 0.15) is 72.0 Å². The van der Waals surface area contributed by atoms with Crippen LogP contribution in [0.25, 0.3) is 0 Å². The largest absolute Gasteiger partial charge is 0.423 e. The highest BCUT2D eigenvalue weighted by molar-refractivity contribution is 5.91. The lowest BCUT2D eigenvalue weighted by molar-refractivity contribution is -0.129. The molecule has 29 heavy (non-hydrogen) atoms. The number of Topliss-reactive ketones (excluding diaryl/α,β-unsaturated/α-hetero) is 1. The van der Waals surface area contributed by atoms with Crippen molar-refractivity contribution in [3.63, 3.8) is 0 Å². The summed E-state index contributed by atoms with van der Waals surface area (Å²) in [5.41, 5.74) is 4.26. The van der Waals surface area contributed by atoms with Gasteiger partial charge < -0.3 is 4.74 Å². The van der Waals surface area contributed by atoms with E-state index >= 15 is 0 Å². The first-order chi connectivity index (χ1) is 14.0. The number of fused-ring (bicyclic) bond motifs is 5. The summed E-state index contributed by atoms with van der Waals surface area (Å²) in [6, 6.07) is 13.5. The highest BCUT2D eigenvalue weighted by Crippen LogP contribution is 2.59. The molecule has 4 atom stereocenters. The molecule has 0 bridgehead atoms. The molecule has 2 aromatic rings. The summed E-state index contributed by atoms with van der Waals surface area (Å²) in [7, 11) is 0. The lowest BCUT2D eigenvalue weighted by Crippen LogP contribution is -2.42. The number of ketones is 1. The SMILES string of the molecule is Cc1cc2c(cc1OC(=O)c1ccccc1)CCC1C2CCC2(C)C(=O)CCC12. The van der Waals surface area contributed by atoms with E-state index in [9.17, 15) is 9.59 Å². The van der Waals surface area contributed by atoms with E-state index in [-0.39, 0.29) is 11.4 Å². The van der Waals surface area contributed by atoms with Crippen LogP contribution in [-0.2, 0) is 11.2 Å². The Morgan fingerprint density at radius 3 is 2.66 bits per heavy atom. The molecule has 0 aliphatic heterocycles. The van der Waals surface area contributed by atoms with Crippen LogP contribution >= 0.6 is 0 Å². The highest BCUT2D eigenvalue weighted by atomic mass is 16.5. The molecule has 5 rings (SSSR count). The van der Waals surface area contributed by atoms with Gasteiger partial charge in [0.25, 0.3) is 0 Å². The fourth-order valence-corrected chi connectivity index (χ4v) is 6.33. The van der Waals surface area contributed by atoms with Crippen LogP contribution in [0, 0.1) is 24.2 Å². The second-order valence-electron chi connectivity index (χ2n) is 9.41. The van der Waals surface area contributed by atoms with Gasteiger partial charge in [0.15, 0.2) is 0 Å². The molecule has 2 aromatic carbocycles. The minimum absolute atomic E-state index is 0.0845. The first-order valence-electron chi connectivity index (χ1n) is 10.9. The van der Waals surface area contributed by atoms with Crippen molar-refractivity contribution >= 4 is 11.8 Å². The Kier molecular flexibility index (Phi) is 4.38. The second kappa shape index (κ2) is 6.83. The quantitative estimate of drug-likeness (QED) is 0.494. The van der Waals surface area contributed by atoms with E-state index in [1.165, 1.54) is 11.1 Å². The van der Waals surface area contributed by atoms with Crippen molar-refractivity contribution in [3.05, 3.63) is 64.7 Å². The number of ether oxygens (including phenoxy) is 1. The summed E-state index contributed by atoms with van der Waals surface area (Å²) in [6.45, 7) is 4.25. The van der Waals surface area contributed by atoms with E-state index in [2.05, 4.69) is 19.1 Å². The van der Waals surface area contributed by atoms with Gasteiger partial charge in [-0.1, -0.05) is 31.2 Å². The van der Waals surface area contributed by atoms with Gasteiger partial charge in [0.1, 0.15) is 11.5 Å². The number of rotatable bonds is 2. The van der Waals surface area contributed by atoms with E-state index in [1.807, 2.05) is 25.1 Å². The second-order valence-corrected chi connectivity index (χ2v) is 9.41. The molecule has 4 unspecified atom stereocenters. The van der Waals surface area contributed by atoms with E-state index in [4.69, 9.17) is 4.74 Å². The molecule has 0 aromatic heterocycles. The Balaban J connectivity index is 1.42. The number of benzene rings is 2. The van der Waals surface area contributed by atoms with Crippen molar-refractivity contribution < 1.29 is 14.3 Å². The Morgan fingerprint density at radius 2 is 1.86 bits per heavy atom. The molecule has 0 radical (unpaired) electrons. The minimum Gasteiger partial charge on any atom is -0.423 e. The number of hydrogen-bond donors (Lipinski definition) is 0. The molecule has 0 saturated heterocycles. The molecule has 0 heterocycles. The first kappa shape index (κ1) is 18.6. The van der Waals surface area contributed by atoms with Crippen LogP contribution in [0.2, 0.25) is 0 Å². The average molecular weight is 389 g/mol. The van der Waals surface area contributed by atoms with Crippen LogP contribution in [0.3, 0.4) is 0 Å². The number of esters is 1. The lowest BCUT2D eigenvalue weighted by atomic mass is 9.55. The minimum atomic E-state index is -0.305. The third-order valence-corrected chi connectivity index (χ3v) is 7.94. The van der Waals surface area contributed by atoms with Crippen LogP contribution in [0.4, 0.5) is 0 Å². The molecule has 3 heteroatoms. The zero-order valence-electron chi connectivity index (χ0n) is 17.2. The van der Waals surface area contributed by atoms with Crippen LogP contribution in [-0.4, -0.2) is 11.8 Å². The maximum atomic E-state index is 12.5. The molecule has 0 N–H and O–H groups in total. The van der Waals surface area contributed by atoms with E-state index < -0.39 is 0 Å². The fourth-order valence-electron chi connectivity index (χ4n) is 6.33. The first-order valence-corrected chi connectivity index (χ1v) is 10.9. The summed E-state index contributed by atoms with van der Waals surface area (Å²) in [5, 5.41) is 0. The summed E-state index contributed by atoms with van der Waals surface area (Å²) in [4.78, 5) is 25.0. The Bertz CT molecular complexity index is 977. The smallest absolute Gasteiger partial charge is 0.343 e. The topological polar surface area (TPSA) is 43.4 Å². The Labute approximate surface area is 172 Å². The zero-order chi connectivity index (χ0) is 20.2. The number of carbonyl (C=O) groups is 2. The van der Waals surface area contributed by atoms with Crippen molar-refractivity contribution in [2.24, 2.45) is 17.3 Å². The molecule has 0 amide bonds. The maximum absolute atomic E-state index is 12.5. The summed E-state index contributed by atoms with van der Waals surface area (Å²) < 4.78 is 5.75. The van der Waals surface area contributed by atoms with Crippen molar-refractivity contribution in [3.8, 4) is 5.75 Å². The van der Waals surface area contributed by atoms with Gasteiger partial charge in [-0.15, -0.1) is 0 Å². The number of carbonyl (C=O) groups excluding carboxylic acids is 2. The van der Waals surface area contributed by atoms with Gasteiger partial charge in [0.05, 0.1) is 5.56 Å². The lowest BCUT2D eigenvalue weighted by Gasteiger charge is -2.48. The monoisotopic (exact) mass is 388 g/mol. The molecular weight excluding hydrogens is 360 g/mol. The van der Waals surface area contributed by atoms with Gasteiger partial charge in [-0.2, -0.15) is 0 Å². The molecule has 2 saturated carbocycles. The summed E-state index contributed by atoms with van der Waals surface area (Å²) in [6.07, 6.45) is 6.09. The molecule has 150 valence electrons. The van der Waals surface area contributed by atoms with Gasteiger partial charge in [-0.25, -0.2) is 4.79 Å². The van der Waals surface area contributed by atoms with Gasteiger partial charge in [-0.3, -0.25) is 4.79 Å². The van der Waals surface area contributed by atoms with Crippen molar-refractivity contribution in [2.45, 2.75) is 58.3 Å². The predicted octanol–water partition coefficient (Wildman–Crippen LogP) is 5.64. The summed E-state index contributed by atoms with van der Waals surface area (Å²) in [5.74, 6) is 2.56. The molecule has 3 aliphatic rings. The summed E-state index contributed by atoms with van der Waals surface area (Å²) >= 11 is 0. The number of aryl methyl sites for hydroxylation is 2. The van der Waals surface area contributed by atoms with Gasteiger partial charge in [0, 0.05) is 11.8 Å². The predicted molar refractivity (Wildman–Crippen MR) is 112 cm³/mol. The fraction of sp³-hybridized carbons (Fsp3) is 0.462. The standard InChI is InChI=1S/C26H28O3/c1-16-14-21-18(15-23(16)29-25(28)17-6-4-3-5-7-17)8-9-20-19(21)12-13-26(2)22(20)10-11-24(26)27/h3-7,14-15,19-20,22H,8-13H2,1-2H3. The average Bonchev–Trinajstić information content (AvgIpc) is 3.04. The van der Waals surface area contributed by atoms with Crippen molar-refractivity contribution in [2.75, 3.05) is 0 Å². The normalized spacial score (nSPS) is 30.3. The van der Waals surface area contributed by atoms with Gasteiger partial charge >= 0.3 is 5.97 Å². The van der Waals surface area contributed by atoms with Crippen LogP contribution in [0.5, 0.6) is 5.75 Å². The maximum Gasteiger partial charge on any atom is 0.343 e. The third kappa shape index (κ3) is 2.94. The van der Waals surface area contributed by atoms with E-state index in [1.54, 1.807) is 12.1 Å². The molecular formula is C26H28O3. The van der Waals surface area contributed by atoms with Crippen LogP contribution in [0.15, 0.2) is 42.5 Å². The van der Waals surface area contributed by atoms with Crippen molar-refractivity contribution in [1.29, 1.82) is 0 Å². The van der Waals surface area contributed by atoms with Gasteiger partial charge in [0.2, 0.25) is 0 Å². The molecule has 2 fully saturated rings. The van der Waals surface area contributed by atoms with Crippen molar-refractivity contribution in [1.82, 2.24) is 0 Å². The molecule has 3 nitrogen and oxygen atoms in total. The highest BCUT2D eigenvalue weighted by Gasteiger charge is 2.54. The van der Waals surface area contributed by atoms with E-state index in [0.717, 1.165) is 44.1 Å². The molecule has 3 aliphatic carbocycles. The van der Waals surface area contributed by atoms with Gasteiger partial charge in [-0.05, 0) is 91.7 Å². The Hall–Kier alpha value is -2.42. The number of hydrogen-bond acceptors (Lipinski definition) is 3. The molecule has 0 spiro atoms.